The highest BCUT2D eigenvalue weighted by Gasteiger charge is 2.64. The maximum atomic E-state index is 14.1. The molecule has 3 aliphatic carbocycles. The number of amides is 1. The number of aliphatic hydroxyl groups is 3. The van der Waals surface area contributed by atoms with Crippen molar-refractivity contribution in [1.82, 2.24) is 10.2 Å². The van der Waals surface area contributed by atoms with Crippen LogP contribution in [-0.4, -0.2) is 89.0 Å². The molecule has 0 heterocycles. The van der Waals surface area contributed by atoms with Gasteiger partial charge >= 0.3 is 6.36 Å². The van der Waals surface area contributed by atoms with Gasteiger partial charge < -0.3 is 41.1 Å². The van der Waals surface area contributed by atoms with Crippen LogP contribution in [0.15, 0.2) is 47.2 Å². The molecule has 0 aromatic heterocycles. The summed E-state index contributed by atoms with van der Waals surface area (Å²) in [5, 5.41) is 49.0. The molecule has 48 heavy (non-hydrogen) atoms. The van der Waals surface area contributed by atoms with Crippen LogP contribution in [0.5, 0.6) is 11.5 Å². The molecule has 0 spiro atoms. The molecule has 0 saturated heterocycles. The minimum absolute atomic E-state index is 0. The molecule has 5 rings (SSSR count). The number of alkyl halides is 3. The lowest BCUT2D eigenvalue weighted by molar-refractivity contribution is -0.274. The molecule has 1 amide bonds. The fraction of sp³-hybridized carbons (Fsp3) is 0.424. The number of carbonyl (C=O) groups is 3. The Balaban J connectivity index is 0.00000520. The summed E-state index contributed by atoms with van der Waals surface area (Å²) < 4.78 is 41.3. The summed E-state index contributed by atoms with van der Waals surface area (Å²) >= 11 is 0. The number of nitrogens with zero attached hydrogens (tertiary/aromatic N) is 2. The molecule has 2 aromatic carbocycles. The SMILES string of the molecule is C.CN(C)c1cc(CNCc2ccc(OC(F)(F)F)cc2)c(O)c2c1C[C@H]1C[C@H]3[C@H](N(C)C)C(=O)C(C(N)=O)=C(O)[C@@]3(O)C(=O)C1=C2O. The first-order chi connectivity index (χ1) is 21.9. The number of nitrogens with two attached hydrogens (primary N) is 1. The van der Waals surface area contributed by atoms with Crippen molar-refractivity contribution < 1.29 is 52.7 Å². The maximum Gasteiger partial charge on any atom is 0.573 e. The highest BCUT2D eigenvalue weighted by Crippen LogP contribution is 2.54. The number of ether oxygens (including phenoxy) is 1. The number of rotatable bonds is 8. The van der Waals surface area contributed by atoms with Crippen LogP contribution in [0.3, 0.4) is 0 Å². The number of Topliss-reactive ketones (excluding diaryl/α,β-unsaturated/α-hetero) is 2. The van der Waals surface area contributed by atoms with E-state index in [1.54, 1.807) is 25.1 Å². The van der Waals surface area contributed by atoms with Crippen molar-refractivity contribution in [3.8, 4) is 11.5 Å². The van der Waals surface area contributed by atoms with E-state index in [2.05, 4.69) is 10.1 Å². The van der Waals surface area contributed by atoms with E-state index in [0.717, 1.165) is 0 Å². The predicted octanol–water partition coefficient (Wildman–Crippen LogP) is 2.85. The first kappa shape index (κ1) is 36.2. The minimum Gasteiger partial charge on any atom is -0.508 e. The number of aromatic hydroxyl groups is 1. The molecule has 3 aliphatic rings. The Morgan fingerprint density at radius 1 is 1.08 bits per heavy atom. The van der Waals surface area contributed by atoms with E-state index in [1.165, 1.54) is 43.3 Å². The second kappa shape index (κ2) is 12.8. The van der Waals surface area contributed by atoms with Crippen molar-refractivity contribution in [2.75, 3.05) is 33.1 Å². The number of anilines is 1. The van der Waals surface area contributed by atoms with Crippen LogP contribution in [-0.2, 0) is 33.9 Å². The smallest absolute Gasteiger partial charge is 0.508 e. The summed E-state index contributed by atoms with van der Waals surface area (Å²) in [7, 11) is 6.57. The van der Waals surface area contributed by atoms with Crippen molar-refractivity contribution >= 4 is 28.9 Å². The average molecular weight is 677 g/mol. The van der Waals surface area contributed by atoms with E-state index in [9.17, 15) is 48.0 Å². The van der Waals surface area contributed by atoms with E-state index < -0.39 is 64.4 Å². The maximum absolute atomic E-state index is 14.1. The number of benzene rings is 2. The Morgan fingerprint density at radius 2 is 1.71 bits per heavy atom. The Kier molecular flexibility index (Phi) is 9.65. The molecule has 1 fully saturated rings. The fourth-order valence-corrected chi connectivity index (χ4v) is 7.03. The van der Waals surface area contributed by atoms with Gasteiger partial charge in [0.1, 0.15) is 28.6 Å². The summed E-state index contributed by atoms with van der Waals surface area (Å²) in [5.74, 6) is -7.64. The Bertz CT molecular complexity index is 1720. The van der Waals surface area contributed by atoms with Crippen molar-refractivity contribution in [3.63, 3.8) is 0 Å². The molecule has 0 radical (unpaired) electrons. The molecule has 15 heteroatoms. The standard InChI is InChI=1S/C32H35F3N4O8.CH4/c1-38(2)20-11-16(13-37-12-14-5-7-17(8-6-14)47-32(33,34)35)25(40)22-18(20)9-15-10-19-24(39(3)4)27(42)23(30(36)45)29(44)31(19,46)28(43)21(15)26(22)41;/h5-8,11,15,19,24,37,40-41,44,46H,9-10,12-13H2,1-4H3,(H2,36,45);1H4/t15-,19-,24-,31-;/m0./s1. The molecule has 0 bridgehead atoms. The van der Waals surface area contributed by atoms with Crippen molar-refractivity contribution in [2.45, 2.75) is 51.4 Å². The average Bonchev–Trinajstić information content (AvgIpc) is 2.95. The number of aliphatic hydroxyl groups excluding tert-OH is 2. The van der Waals surface area contributed by atoms with Crippen LogP contribution in [0.1, 0.15) is 36.1 Å². The van der Waals surface area contributed by atoms with Crippen LogP contribution in [0.2, 0.25) is 0 Å². The molecule has 2 aromatic rings. The van der Waals surface area contributed by atoms with Gasteiger partial charge in [0, 0.05) is 49.9 Å². The van der Waals surface area contributed by atoms with Crippen LogP contribution in [0.25, 0.3) is 5.76 Å². The second-order valence-electron chi connectivity index (χ2n) is 12.4. The third-order valence-corrected chi connectivity index (χ3v) is 9.06. The summed E-state index contributed by atoms with van der Waals surface area (Å²) in [5.41, 5.74) is 3.52. The Labute approximate surface area is 274 Å². The van der Waals surface area contributed by atoms with Gasteiger partial charge in [0.15, 0.2) is 11.4 Å². The van der Waals surface area contributed by atoms with E-state index in [1.807, 2.05) is 0 Å². The summed E-state index contributed by atoms with van der Waals surface area (Å²) in [6.07, 6.45) is -4.71. The number of carbonyl (C=O) groups excluding carboxylic acids is 3. The molecule has 260 valence electrons. The first-order valence-corrected chi connectivity index (χ1v) is 14.6. The van der Waals surface area contributed by atoms with Gasteiger partial charge in [-0.25, -0.2) is 0 Å². The molecular weight excluding hydrogens is 637 g/mol. The molecule has 12 nitrogen and oxygen atoms in total. The van der Waals surface area contributed by atoms with Crippen LogP contribution >= 0.6 is 0 Å². The largest absolute Gasteiger partial charge is 0.573 e. The topological polar surface area (TPSA) is 186 Å². The van der Waals surface area contributed by atoms with Crippen LogP contribution in [0, 0.1) is 11.8 Å². The quantitative estimate of drug-likeness (QED) is 0.226. The zero-order valence-corrected chi connectivity index (χ0v) is 26.0. The van der Waals surface area contributed by atoms with Gasteiger partial charge in [-0.3, -0.25) is 19.3 Å². The first-order valence-electron chi connectivity index (χ1n) is 14.6. The number of hydrogen-bond donors (Lipinski definition) is 6. The number of nitrogens with one attached hydrogen (secondary N) is 1. The minimum atomic E-state index is -4.82. The number of likely N-dealkylation sites (N-methyl/N-ethyl adjacent to an activating group) is 1. The monoisotopic (exact) mass is 676 g/mol. The number of fused-ring (bicyclic) bond motifs is 3. The molecule has 7 N–H and O–H groups in total. The zero-order valence-electron chi connectivity index (χ0n) is 26.0. The number of primary amides is 1. The highest BCUT2D eigenvalue weighted by atomic mass is 19.4. The van der Waals surface area contributed by atoms with Crippen molar-refractivity contribution in [1.29, 1.82) is 0 Å². The van der Waals surface area contributed by atoms with Gasteiger partial charge in [-0.05, 0) is 62.2 Å². The second-order valence-corrected chi connectivity index (χ2v) is 12.4. The fourth-order valence-electron chi connectivity index (χ4n) is 7.03. The molecule has 0 aliphatic heterocycles. The number of phenols is 1. The lowest BCUT2D eigenvalue weighted by Crippen LogP contribution is -2.65. The molecule has 1 saturated carbocycles. The lowest BCUT2D eigenvalue weighted by atomic mass is 9.57. The van der Waals surface area contributed by atoms with E-state index >= 15 is 0 Å². The zero-order chi connectivity index (χ0) is 34.7. The van der Waals surface area contributed by atoms with Crippen LogP contribution < -0.4 is 20.7 Å². The molecule has 0 unspecified atom stereocenters. The number of halogens is 3. The van der Waals surface area contributed by atoms with Crippen molar-refractivity contribution in [3.05, 3.63) is 69.5 Å². The van der Waals surface area contributed by atoms with Gasteiger partial charge in [0.05, 0.1) is 11.6 Å². The van der Waals surface area contributed by atoms with E-state index in [4.69, 9.17) is 5.73 Å². The summed E-state index contributed by atoms with van der Waals surface area (Å²) in [4.78, 5) is 42.8. The van der Waals surface area contributed by atoms with Crippen LogP contribution in [0.4, 0.5) is 18.9 Å². The Morgan fingerprint density at radius 3 is 2.25 bits per heavy atom. The van der Waals surface area contributed by atoms with Gasteiger partial charge in [-0.2, -0.15) is 0 Å². The summed E-state index contributed by atoms with van der Waals surface area (Å²) in [6.45, 7) is 0.243. The third-order valence-electron chi connectivity index (χ3n) is 9.06. The van der Waals surface area contributed by atoms with E-state index in [-0.39, 0.29) is 56.0 Å². The third kappa shape index (κ3) is 5.97. The number of ketones is 2. The van der Waals surface area contributed by atoms with Gasteiger partial charge in [0.25, 0.3) is 5.91 Å². The normalized spacial score (nSPS) is 23.7. The highest BCUT2D eigenvalue weighted by molar-refractivity contribution is 6.24. The molecule has 4 atom stereocenters. The van der Waals surface area contributed by atoms with Gasteiger partial charge in [-0.1, -0.05) is 19.6 Å². The predicted molar refractivity (Wildman–Crippen MR) is 169 cm³/mol. The Hall–Kier alpha value is -4.60. The van der Waals surface area contributed by atoms with Gasteiger partial charge in [-0.15, -0.1) is 13.2 Å². The van der Waals surface area contributed by atoms with Gasteiger partial charge in [0.2, 0.25) is 5.78 Å². The molecular formula is C33H39F3N4O8. The summed E-state index contributed by atoms with van der Waals surface area (Å²) in [6, 6.07) is 5.77. The van der Waals surface area contributed by atoms with E-state index in [0.29, 0.717) is 22.4 Å². The number of phenolic OH excluding ortho intramolecular Hbond substituents is 1. The number of hydrogen-bond acceptors (Lipinski definition) is 11. The lowest BCUT2D eigenvalue weighted by Gasteiger charge is -2.50. The van der Waals surface area contributed by atoms with Crippen molar-refractivity contribution in [2.24, 2.45) is 17.6 Å².